The van der Waals surface area contributed by atoms with Gasteiger partial charge in [-0.1, -0.05) is 23.7 Å². The van der Waals surface area contributed by atoms with E-state index >= 15 is 0 Å². The third-order valence-electron chi connectivity index (χ3n) is 2.54. The monoisotopic (exact) mass is 209 g/mol. The van der Waals surface area contributed by atoms with Crippen LogP contribution >= 0.6 is 11.6 Å². The lowest BCUT2D eigenvalue weighted by molar-refractivity contribution is 0.0991. The Balaban J connectivity index is 2.52. The van der Waals surface area contributed by atoms with Gasteiger partial charge in [0.25, 0.3) is 0 Å². The maximum absolute atomic E-state index is 11.7. The second kappa shape index (κ2) is 3.71. The summed E-state index contributed by atoms with van der Waals surface area (Å²) < 4.78 is 0. The third kappa shape index (κ3) is 1.68. The summed E-state index contributed by atoms with van der Waals surface area (Å²) >= 11 is 6.07. The Hall–Kier alpha value is -0.860. The topological polar surface area (TPSA) is 29.1 Å². The van der Waals surface area contributed by atoms with Gasteiger partial charge >= 0.3 is 0 Å². The van der Waals surface area contributed by atoms with Gasteiger partial charge in [-0.15, -0.1) is 0 Å². The molecule has 2 nitrogen and oxygen atoms in total. The maximum Gasteiger partial charge on any atom is 0.176 e. The van der Waals surface area contributed by atoms with Crippen LogP contribution in [0.5, 0.6) is 0 Å². The van der Waals surface area contributed by atoms with Crippen molar-refractivity contribution in [2.24, 2.45) is 0 Å². The van der Waals surface area contributed by atoms with Gasteiger partial charge in [-0.3, -0.25) is 4.79 Å². The molecule has 2 rings (SSSR count). The summed E-state index contributed by atoms with van der Waals surface area (Å²) in [4.78, 5) is 11.7. The molecule has 14 heavy (non-hydrogen) atoms. The molecule has 1 aliphatic heterocycles. The highest BCUT2D eigenvalue weighted by atomic mass is 35.5. The van der Waals surface area contributed by atoms with Crippen LogP contribution in [0.4, 0.5) is 0 Å². The zero-order valence-corrected chi connectivity index (χ0v) is 8.77. The van der Waals surface area contributed by atoms with Crippen LogP contribution in [0.2, 0.25) is 5.02 Å². The zero-order valence-electron chi connectivity index (χ0n) is 8.01. The molecule has 1 heterocycles. The molecule has 0 radical (unpaired) electrons. The summed E-state index contributed by atoms with van der Waals surface area (Å²) in [5.41, 5.74) is 1.76. The van der Waals surface area contributed by atoms with E-state index in [1.54, 1.807) is 0 Å². The first-order valence-corrected chi connectivity index (χ1v) is 5.10. The van der Waals surface area contributed by atoms with E-state index in [1.807, 2.05) is 18.2 Å². The van der Waals surface area contributed by atoms with Gasteiger partial charge in [-0.25, -0.2) is 0 Å². The molecular formula is C11H12ClNO. The third-order valence-corrected chi connectivity index (χ3v) is 2.89. The van der Waals surface area contributed by atoms with Crippen molar-refractivity contribution in [3.05, 3.63) is 34.3 Å². The highest BCUT2D eigenvalue weighted by molar-refractivity contribution is 6.32. The zero-order chi connectivity index (χ0) is 10.1. The van der Waals surface area contributed by atoms with E-state index < -0.39 is 0 Å². The number of Topliss-reactive ketones (excluding diaryl/α,β-unsaturated/α-hetero) is 1. The van der Waals surface area contributed by atoms with Crippen molar-refractivity contribution in [3.63, 3.8) is 0 Å². The first-order valence-electron chi connectivity index (χ1n) is 4.72. The molecular weight excluding hydrogens is 198 g/mol. The number of rotatable bonds is 0. The number of hydrogen-bond donors (Lipinski definition) is 1. The van der Waals surface area contributed by atoms with Crippen molar-refractivity contribution >= 4 is 17.4 Å². The lowest BCUT2D eigenvalue weighted by atomic mass is 10.0. The minimum absolute atomic E-state index is 0.131. The van der Waals surface area contributed by atoms with Crippen molar-refractivity contribution in [2.45, 2.75) is 19.4 Å². The van der Waals surface area contributed by atoms with Crippen LogP contribution in [-0.2, 0) is 6.42 Å². The lowest BCUT2D eigenvalue weighted by Gasteiger charge is -2.09. The number of halogens is 1. The normalized spacial score (nSPS) is 21.6. The molecule has 0 spiro atoms. The minimum atomic E-state index is 0.131. The van der Waals surface area contributed by atoms with Gasteiger partial charge in [0.2, 0.25) is 0 Å². The van der Waals surface area contributed by atoms with E-state index in [9.17, 15) is 4.79 Å². The van der Waals surface area contributed by atoms with Crippen LogP contribution in [0.3, 0.4) is 0 Å². The largest absolute Gasteiger partial charge is 0.307 e. The molecule has 0 saturated carbocycles. The molecule has 1 atom stereocenters. The molecule has 74 valence electrons. The molecule has 0 aliphatic carbocycles. The van der Waals surface area contributed by atoms with E-state index in [4.69, 9.17) is 11.6 Å². The Labute approximate surface area is 88.3 Å². The van der Waals surface area contributed by atoms with Crippen LogP contribution in [0.1, 0.15) is 22.8 Å². The van der Waals surface area contributed by atoms with Gasteiger partial charge in [0.15, 0.2) is 5.78 Å². The van der Waals surface area contributed by atoms with Gasteiger partial charge in [0, 0.05) is 16.6 Å². The molecule has 1 aromatic carbocycles. The smallest absolute Gasteiger partial charge is 0.176 e. The molecule has 3 heteroatoms. The predicted molar refractivity (Wildman–Crippen MR) is 57.0 cm³/mol. The minimum Gasteiger partial charge on any atom is -0.307 e. The number of carbonyl (C=O) groups excluding carboxylic acids is 1. The quantitative estimate of drug-likeness (QED) is 0.709. The molecule has 1 aromatic rings. The van der Waals surface area contributed by atoms with Crippen LogP contribution in [0.25, 0.3) is 0 Å². The van der Waals surface area contributed by atoms with Crippen molar-refractivity contribution in [1.82, 2.24) is 5.32 Å². The highest BCUT2D eigenvalue weighted by Gasteiger charge is 2.20. The SMILES string of the molecule is CC1Cc2c(Cl)cccc2C(=O)CN1. The van der Waals surface area contributed by atoms with Gasteiger partial charge in [0.1, 0.15) is 0 Å². The maximum atomic E-state index is 11.7. The molecule has 0 fully saturated rings. The molecule has 1 aliphatic rings. The van der Waals surface area contributed by atoms with Gasteiger partial charge < -0.3 is 5.32 Å². The Morgan fingerprint density at radius 3 is 3.07 bits per heavy atom. The summed E-state index contributed by atoms with van der Waals surface area (Å²) in [6, 6.07) is 5.82. The molecule has 0 saturated heterocycles. The fourth-order valence-corrected chi connectivity index (χ4v) is 2.02. The van der Waals surface area contributed by atoms with Crippen LogP contribution in [0.15, 0.2) is 18.2 Å². The van der Waals surface area contributed by atoms with Gasteiger partial charge in [0.05, 0.1) is 6.54 Å². The predicted octanol–water partition coefficient (Wildman–Crippen LogP) is 2.06. The number of fused-ring (bicyclic) bond motifs is 1. The second-order valence-electron chi connectivity index (χ2n) is 3.68. The summed E-state index contributed by atoms with van der Waals surface area (Å²) in [6.45, 7) is 2.47. The van der Waals surface area contributed by atoms with Crippen molar-refractivity contribution in [2.75, 3.05) is 6.54 Å². The molecule has 1 unspecified atom stereocenters. The number of hydrogen-bond acceptors (Lipinski definition) is 2. The van der Waals surface area contributed by atoms with Crippen molar-refractivity contribution in [3.8, 4) is 0 Å². The van der Waals surface area contributed by atoms with E-state index in [-0.39, 0.29) is 5.78 Å². The number of carbonyl (C=O) groups is 1. The van der Waals surface area contributed by atoms with Gasteiger partial charge in [-0.05, 0) is 25.0 Å². The number of ketones is 1. The van der Waals surface area contributed by atoms with Crippen molar-refractivity contribution < 1.29 is 4.79 Å². The fourth-order valence-electron chi connectivity index (χ4n) is 1.77. The molecule has 0 aromatic heterocycles. The van der Waals surface area contributed by atoms with Gasteiger partial charge in [-0.2, -0.15) is 0 Å². The molecule has 1 N–H and O–H groups in total. The first-order chi connectivity index (χ1) is 6.68. The van der Waals surface area contributed by atoms with E-state index in [2.05, 4.69) is 12.2 Å². The molecule has 0 amide bonds. The van der Waals surface area contributed by atoms with E-state index in [1.165, 1.54) is 0 Å². The van der Waals surface area contributed by atoms with Crippen LogP contribution in [-0.4, -0.2) is 18.4 Å². The average molecular weight is 210 g/mol. The standard InChI is InChI=1S/C11H12ClNO/c1-7-5-9-8(11(14)6-13-7)3-2-4-10(9)12/h2-4,7,13H,5-6H2,1H3. The second-order valence-corrected chi connectivity index (χ2v) is 4.08. The summed E-state index contributed by atoms with van der Waals surface area (Å²) in [7, 11) is 0. The van der Waals surface area contributed by atoms with Crippen LogP contribution < -0.4 is 5.32 Å². The number of nitrogens with one attached hydrogen (secondary N) is 1. The highest BCUT2D eigenvalue weighted by Crippen LogP contribution is 2.23. The van der Waals surface area contributed by atoms with Crippen LogP contribution in [0, 0.1) is 0 Å². The molecule has 0 bridgehead atoms. The Kier molecular flexibility index (Phi) is 2.57. The fraction of sp³-hybridized carbons (Fsp3) is 0.364. The lowest BCUT2D eigenvalue weighted by Crippen LogP contribution is -2.29. The number of benzene rings is 1. The Morgan fingerprint density at radius 1 is 1.50 bits per heavy atom. The average Bonchev–Trinajstić information content (AvgIpc) is 2.30. The van der Waals surface area contributed by atoms with Crippen molar-refractivity contribution in [1.29, 1.82) is 0 Å². The Morgan fingerprint density at radius 2 is 2.29 bits per heavy atom. The van der Waals surface area contributed by atoms with E-state index in [0.29, 0.717) is 17.6 Å². The summed E-state index contributed by atoms with van der Waals surface area (Å²) in [5.74, 6) is 0.131. The summed E-state index contributed by atoms with van der Waals surface area (Å²) in [5, 5.41) is 3.86. The van der Waals surface area contributed by atoms with E-state index in [0.717, 1.165) is 17.5 Å². The first kappa shape index (κ1) is 9.69. The summed E-state index contributed by atoms with van der Waals surface area (Å²) in [6.07, 6.45) is 0.820. The Bertz CT molecular complexity index is 376.